The average molecular weight is 221 g/mol. The van der Waals surface area contributed by atoms with Gasteiger partial charge in [-0.2, -0.15) is 0 Å². The number of fused-ring (bicyclic) bond motifs is 3. The second kappa shape index (κ2) is 4.03. The molecule has 3 rings (SSSR count). The molecule has 0 N–H and O–H groups in total. The Balaban J connectivity index is 2.17. The van der Waals surface area contributed by atoms with Crippen LogP contribution in [0.15, 0.2) is 36.4 Å². The van der Waals surface area contributed by atoms with Crippen LogP contribution in [-0.2, 0) is 12.8 Å². The Morgan fingerprint density at radius 2 is 1.18 bits per heavy atom. The van der Waals surface area contributed by atoms with E-state index in [1.807, 2.05) is 0 Å². The minimum absolute atomic E-state index is 1.11. The van der Waals surface area contributed by atoms with E-state index in [4.69, 9.17) is 0 Å². The summed E-state index contributed by atoms with van der Waals surface area (Å²) in [5.74, 6) is 0. The maximum atomic E-state index is 2.34. The SMILES string of the molecule is CCc1ccc2c(c1)-c1cc(CC)ccc1[CH]2. The first-order valence-corrected chi connectivity index (χ1v) is 6.42. The molecule has 0 heteroatoms. The molecule has 0 fully saturated rings. The number of hydrogen-bond donors (Lipinski definition) is 0. The van der Waals surface area contributed by atoms with Crippen LogP contribution in [0.4, 0.5) is 0 Å². The number of rotatable bonds is 2. The molecule has 1 radical (unpaired) electrons. The smallest absolute Gasteiger partial charge is 0.0211 e. The predicted octanol–water partition coefficient (Wildman–Crippen LogP) is 4.39. The van der Waals surface area contributed by atoms with Gasteiger partial charge in [0, 0.05) is 6.42 Å². The van der Waals surface area contributed by atoms with Gasteiger partial charge in [-0.3, -0.25) is 0 Å². The van der Waals surface area contributed by atoms with Crippen molar-refractivity contribution in [2.75, 3.05) is 0 Å². The second-order valence-electron chi connectivity index (χ2n) is 4.69. The number of hydrogen-bond acceptors (Lipinski definition) is 0. The largest absolute Gasteiger partial charge is 0.0613 e. The van der Waals surface area contributed by atoms with Gasteiger partial charge in [-0.15, -0.1) is 0 Å². The van der Waals surface area contributed by atoms with Crippen LogP contribution in [0.25, 0.3) is 11.1 Å². The lowest BCUT2D eigenvalue weighted by atomic mass is 10.00. The van der Waals surface area contributed by atoms with Crippen molar-refractivity contribution in [3.05, 3.63) is 65.1 Å². The maximum Gasteiger partial charge on any atom is 0.0211 e. The minimum Gasteiger partial charge on any atom is -0.0613 e. The highest BCUT2D eigenvalue weighted by atomic mass is 14.2. The topological polar surface area (TPSA) is 0 Å². The molecule has 0 aliphatic heterocycles. The fourth-order valence-corrected chi connectivity index (χ4v) is 2.53. The molecule has 0 unspecified atom stereocenters. The number of benzene rings is 2. The van der Waals surface area contributed by atoms with Gasteiger partial charge in [-0.05, 0) is 46.2 Å². The van der Waals surface area contributed by atoms with Gasteiger partial charge in [0.05, 0.1) is 0 Å². The first-order chi connectivity index (χ1) is 8.31. The van der Waals surface area contributed by atoms with E-state index < -0.39 is 0 Å². The Hall–Kier alpha value is -1.56. The van der Waals surface area contributed by atoms with E-state index in [0.717, 1.165) is 12.8 Å². The molecule has 2 aromatic rings. The quantitative estimate of drug-likeness (QED) is 0.602. The van der Waals surface area contributed by atoms with E-state index in [9.17, 15) is 0 Å². The lowest BCUT2D eigenvalue weighted by Crippen LogP contribution is -1.85. The standard InChI is InChI=1S/C17H17/c1-3-12-5-7-14-11-15-8-6-13(4-2)10-17(15)16(14)9-12/h5-11H,3-4H2,1-2H3. The molecule has 85 valence electrons. The lowest BCUT2D eigenvalue weighted by molar-refractivity contribution is 1.14. The third kappa shape index (κ3) is 1.68. The average Bonchev–Trinajstić information content (AvgIpc) is 2.75. The van der Waals surface area contributed by atoms with Crippen LogP contribution in [0.2, 0.25) is 0 Å². The van der Waals surface area contributed by atoms with Crippen molar-refractivity contribution in [2.24, 2.45) is 0 Å². The van der Waals surface area contributed by atoms with Crippen LogP contribution in [0.3, 0.4) is 0 Å². The summed E-state index contributed by atoms with van der Waals surface area (Å²) in [5, 5.41) is 0. The maximum absolute atomic E-state index is 2.34. The van der Waals surface area contributed by atoms with E-state index in [-0.39, 0.29) is 0 Å². The molecule has 0 aromatic heterocycles. The van der Waals surface area contributed by atoms with Crippen LogP contribution in [0.1, 0.15) is 36.1 Å². The fourth-order valence-electron chi connectivity index (χ4n) is 2.53. The van der Waals surface area contributed by atoms with E-state index >= 15 is 0 Å². The molecule has 0 nitrogen and oxygen atoms in total. The van der Waals surface area contributed by atoms with Crippen molar-refractivity contribution in [1.29, 1.82) is 0 Å². The third-order valence-electron chi connectivity index (χ3n) is 3.65. The van der Waals surface area contributed by atoms with E-state index in [2.05, 4.69) is 56.7 Å². The van der Waals surface area contributed by atoms with Crippen LogP contribution >= 0.6 is 0 Å². The van der Waals surface area contributed by atoms with Gasteiger partial charge in [-0.1, -0.05) is 50.2 Å². The minimum atomic E-state index is 1.11. The predicted molar refractivity (Wildman–Crippen MR) is 73.1 cm³/mol. The van der Waals surface area contributed by atoms with Gasteiger partial charge in [0.2, 0.25) is 0 Å². The zero-order chi connectivity index (χ0) is 11.8. The highest BCUT2D eigenvalue weighted by molar-refractivity contribution is 5.81. The molecular formula is C17H17. The molecule has 0 bridgehead atoms. The van der Waals surface area contributed by atoms with Gasteiger partial charge >= 0.3 is 0 Å². The molecule has 0 saturated carbocycles. The fraction of sp³-hybridized carbons (Fsp3) is 0.235. The Kier molecular flexibility index (Phi) is 2.51. The summed E-state index contributed by atoms with van der Waals surface area (Å²) in [6.45, 7) is 4.42. The lowest BCUT2D eigenvalue weighted by Gasteiger charge is -2.05. The van der Waals surface area contributed by atoms with Gasteiger partial charge in [0.25, 0.3) is 0 Å². The summed E-state index contributed by atoms with van der Waals surface area (Å²) in [4.78, 5) is 0. The van der Waals surface area contributed by atoms with Crippen LogP contribution < -0.4 is 0 Å². The number of aryl methyl sites for hydroxylation is 2. The summed E-state index contributed by atoms with van der Waals surface area (Å²) < 4.78 is 0. The Bertz CT molecular complexity index is 513. The van der Waals surface area contributed by atoms with Gasteiger partial charge in [0.1, 0.15) is 0 Å². The van der Waals surface area contributed by atoms with Crippen LogP contribution in [0, 0.1) is 6.42 Å². The van der Waals surface area contributed by atoms with Crippen molar-refractivity contribution in [3.63, 3.8) is 0 Å². The van der Waals surface area contributed by atoms with Gasteiger partial charge in [0.15, 0.2) is 0 Å². The molecule has 2 aromatic carbocycles. The molecule has 0 spiro atoms. The molecule has 0 heterocycles. The van der Waals surface area contributed by atoms with Crippen LogP contribution in [-0.4, -0.2) is 0 Å². The first-order valence-electron chi connectivity index (χ1n) is 6.42. The zero-order valence-corrected chi connectivity index (χ0v) is 10.5. The van der Waals surface area contributed by atoms with Crippen molar-refractivity contribution >= 4 is 0 Å². The Morgan fingerprint density at radius 1 is 0.706 bits per heavy atom. The van der Waals surface area contributed by atoms with E-state index in [0.29, 0.717) is 0 Å². The Labute approximate surface area is 103 Å². The van der Waals surface area contributed by atoms with Gasteiger partial charge < -0.3 is 0 Å². The van der Waals surface area contributed by atoms with Crippen molar-refractivity contribution in [2.45, 2.75) is 26.7 Å². The molecule has 17 heavy (non-hydrogen) atoms. The first kappa shape index (κ1) is 10.6. The third-order valence-corrected chi connectivity index (χ3v) is 3.65. The highest BCUT2D eigenvalue weighted by Crippen LogP contribution is 2.39. The monoisotopic (exact) mass is 221 g/mol. The zero-order valence-electron chi connectivity index (χ0n) is 10.5. The van der Waals surface area contributed by atoms with Gasteiger partial charge in [-0.25, -0.2) is 0 Å². The normalized spacial score (nSPS) is 12.4. The molecule has 0 amide bonds. The second-order valence-corrected chi connectivity index (χ2v) is 4.69. The molecular weight excluding hydrogens is 204 g/mol. The molecule has 0 atom stereocenters. The summed E-state index contributed by atoms with van der Waals surface area (Å²) >= 11 is 0. The van der Waals surface area contributed by atoms with E-state index in [1.165, 1.54) is 33.4 Å². The van der Waals surface area contributed by atoms with Crippen molar-refractivity contribution in [1.82, 2.24) is 0 Å². The molecule has 1 aliphatic carbocycles. The molecule has 0 saturated heterocycles. The highest BCUT2D eigenvalue weighted by Gasteiger charge is 2.18. The molecule has 1 aliphatic rings. The van der Waals surface area contributed by atoms with Crippen molar-refractivity contribution < 1.29 is 0 Å². The summed E-state index contributed by atoms with van der Waals surface area (Å²) in [6.07, 6.45) is 4.51. The van der Waals surface area contributed by atoms with E-state index in [1.54, 1.807) is 0 Å². The Morgan fingerprint density at radius 3 is 1.59 bits per heavy atom. The summed E-state index contributed by atoms with van der Waals surface area (Å²) in [6, 6.07) is 13.7. The van der Waals surface area contributed by atoms with Crippen molar-refractivity contribution in [3.8, 4) is 11.1 Å². The van der Waals surface area contributed by atoms with Crippen LogP contribution in [0.5, 0.6) is 0 Å². The summed E-state index contributed by atoms with van der Waals surface area (Å²) in [5.41, 5.74) is 8.40. The summed E-state index contributed by atoms with van der Waals surface area (Å²) in [7, 11) is 0.